The molecule has 10 nitrogen and oxygen atoms in total. The zero-order valence-corrected chi connectivity index (χ0v) is 34.5. The number of aromatic nitrogens is 5. The van der Waals surface area contributed by atoms with Crippen molar-refractivity contribution in [2.45, 2.75) is 108 Å². The Hall–Kier alpha value is -3.15. The van der Waals surface area contributed by atoms with Crippen LogP contribution in [-0.4, -0.2) is 94.1 Å². The molecule has 4 heterocycles. The van der Waals surface area contributed by atoms with E-state index < -0.39 is 0 Å². The molecule has 0 saturated carbocycles. The fourth-order valence-corrected chi connectivity index (χ4v) is 3.02. The molecule has 0 aromatic carbocycles. The molecule has 10 heteroatoms. The summed E-state index contributed by atoms with van der Waals surface area (Å²) in [4.78, 5) is 16.3. The lowest BCUT2D eigenvalue weighted by Gasteiger charge is -2.12. The molecular formula is C41H84N10. The van der Waals surface area contributed by atoms with Gasteiger partial charge in [-0.15, -0.1) is 0 Å². The minimum atomic E-state index is 0. The van der Waals surface area contributed by atoms with Crippen molar-refractivity contribution in [2.24, 2.45) is 24.2 Å². The Labute approximate surface area is 316 Å². The first-order valence-electron chi connectivity index (χ1n) is 18.6. The smallest absolute Gasteiger partial charge is 0.136 e. The molecule has 4 aromatic heterocycles. The van der Waals surface area contributed by atoms with Crippen molar-refractivity contribution in [3.05, 3.63) is 85.1 Å². The van der Waals surface area contributed by atoms with Crippen molar-refractivity contribution in [2.75, 3.05) is 60.4 Å². The summed E-state index contributed by atoms with van der Waals surface area (Å²) in [6.45, 7) is 22.8. The van der Waals surface area contributed by atoms with Gasteiger partial charge >= 0.3 is 0 Å². The maximum Gasteiger partial charge on any atom is 0.136 e. The molecule has 0 aliphatic heterocycles. The van der Waals surface area contributed by atoms with E-state index in [0.29, 0.717) is 0 Å². The fourth-order valence-electron chi connectivity index (χ4n) is 3.02. The number of unbranched alkanes of at least 4 members (excludes halogenated alkanes) is 4. The van der Waals surface area contributed by atoms with Gasteiger partial charge in [-0.05, 0) is 117 Å². The van der Waals surface area contributed by atoms with Gasteiger partial charge in [-0.1, -0.05) is 86.8 Å². The lowest BCUT2D eigenvalue weighted by molar-refractivity contribution is 0.343. The maximum absolute atomic E-state index is 5.21. The van der Waals surface area contributed by atoms with E-state index in [1.165, 1.54) is 62.9 Å². The fraction of sp³-hybridized carbons (Fsp3) is 0.634. The summed E-state index contributed by atoms with van der Waals surface area (Å²) in [6, 6.07) is 9.93. The Kier molecular flexibility index (Phi) is 52.5. The predicted molar refractivity (Wildman–Crippen MR) is 228 cm³/mol. The van der Waals surface area contributed by atoms with Gasteiger partial charge in [-0.3, -0.25) is 4.98 Å². The number of fused-ring (bicyclic) bond motifs is 1. The highest BCUT2D eigenvalue weighted by atomic mass is 15.1. The van der Waals surface area contributed by atoms with Gasteiger partial charge in [-0.2, -0.15) is 0 Å². The van der Waals surface area contributed by atoms with Crippen molar-refractivity contribution in [3.8, 4) is 0 Å². The van der Waals surface area contributed by atoms with Crippen LogP contribution in [0.5, 0.6) is 0 Å². The third kappa shape index (κ3) is 46.9. The molecule has 51 heavy (non-hydrogen) atoms. The molecule has 4 aromatic rings. The molecule has 0 aliphatic rings. The molecule has 0 atom stereocenters. The van der Waals surface area contributed by atoms with Crippen molar-refractivity contribution >= 4 is 5.65 Å². The van der Waals surface area contributed by atoms with E-state index in [9.17, 15) is 0 Å². The minimum absolute atomic E-state index is 0. The van der Waals surface area contributed by atoms with Gasteiger partial charge < -0.3 is 36.0 Å². The van der Waals surface area contributed by atoms with Gasteiger partial charge in [-0.25, -0.2) is 9.97 Å². The van der Waals surface area contributed by atoms with E-state index in [0.717, 1.165) is 38.2 Å². The summed E-state index contributed by atoms with van der Waals surface area (Å²) in [5.74, 6) is 0. The Bertz CT molecular complexity index is 1110. The van der Waals surface area contributed by atoms with Crippen LogP contribution < -0.4 is 17.2 Å². The molecule has 0 bridgehead atoms. The zero-order chi connectivity index (χ0) is 38.8. The van der Waals surface area contributed by atoms with E-state index in [1.54, 1.807) is 18.7 Å². The molecule has 0 unspecified atom stereocenters. The Morgan fingerprint density at radius 1 is 0.686 bits per heavy atom. The molecule has 0 saturated heterocycles. The summed E-state index contributed by atoms with van der Waals surface area (Å²) in [5, 5.41) is 0. The van der Waals surface area contributed by atoms with Crippen LogP contribution >= 0.6 is 0 Å². The third-order valence-electron chi connectivity index (χ3n) is 6.46. The van der Waals surface area contributed by atoms with Crippen LogP contribution in [0.3, 0.4) is 0 Å². The Morgan fingerprint density at radius 3 is 1.59 bits per heavy atom. The van der Waals surface area contributed by atoms with Gasteiger partial charge in [0.1, 0.15) is 5.65 Å². The lowest BCUT2D eigenvalue weighted by atomic mass is 10.2. The van der Waals surface area contributed by atoms with Crippen molar-refractivity contribution < 1.29 is 0 Å². The molecule has 6 N–H and O–H groups in total. The number of rotatable bonds is 10. The number of pyridine rings is 2. The minimum Gasteiger partial charge on any atom is -0.341 e. The molecule has 0 spiro atoms. The standard InChI is InChI=1S/C8H8N2.C8H19N.C6H7N.C5H13N.C4H6N2.C4H11N.C3H9N.C2H7N.CH4/c1-7-6-9-8-4-2-3-5-10(7)8;1-4-6-7-8-9(3)5-2;1-6-3-2-4-7-5-6;1-2-3-4-5-6;1-6-3-2-5-4-6;1-4-5(2)3;1-2-3-4;1-2-3;/h2-6H,1H3;4-8H2,1-3H3;2-5H,1H3;2-6H2,1H3;2-4H,1H3;4H2,1-3H3;2-4H2,1H3;2-3H2,1H3;1H4. The molecule has 0 amide bonds. The molecular weight excluding hydrogens is 633 g/mol. The van der Waals surface area contributed by atoms with Crippen LogP contribution in [0.1, 0.15) is 105 Å². The van der Waals surface area contributed by atoms with E-state index in [-0.39, 0.29) is 7.43 Å². The number of imidazole rings is 2. The Morgan fingerprint density at radius 2 is 1.27 bits per heavy atom. The van der Waals surface area contributed by atoms with Crippen LogP contribution in [0.15, 0.2) is 73.8 Å². The van der Waals surface area contributed by atoms with E-state index >= 15 is 0 Å². The zero-order valence-electron chi connectivity index (χ0n) is 34.5. The summed E-state index contributed by atoms with van der Waals surface area (Å²) in [5.41, 5.74) is 18.5. The third-order valence-corrected chi connectivity index (χ3v) is 6.46. The SMILES string of the molecule is C.CCCCCN.CCCCCN(C)CC.CCCN.CCN.CCN(C)C.Cc1cccnc1.Cc1cnc2ccccn12.Cn1ccnc1. The summed E-state index contributed by atoms with van der Waals surface area (Å²) < 4.78 is 3.94. The second-order valence-corrected chi connectivity index (χ2v) is 11.8. The molecule has 0 aliphatic carbocycles. The van der Waals surface area contributed by atoms with Crippen LogP contribution in [0, 0.1) is 13.8 Å². The highest BCUT2D eigenvalue weighted by molar-refractivity contribution is 5.39. The normalized spacial score (nSPS) is 9.12. The first kappa shape index (κ1) is 57.2. The second-order valence-electron chi connectivity index (χ2n) is 11.8. The van der Waals surface area contributed by atoms with Crippen molar-refractivity contribution in [1.82, 2.24) is 33.7 Å². The first-order chi connectivity index (χ1) is 24.0. The lowest BCUT2D eigenvalue weighted by Crippen LogP contribution is -2.18. The number of nitrogens with zero attached hydrogens (tertiary/aromatic N) is 7. The van der Waals surface area contributed by atoms with Crippen molar-refractivity contribution in [1.29, 1.82) is 0 Å². The van der Waals surface area contributed by atoms with Gasteiger partial charge in [0, 0.05) is 49.9 Å². The predicted octanol–water partition coefficient (Wildman–Crippen LogP) is 8.24. The monoisotopic (exact) mass is 717 g/mol. The van der Waals surface area contributed by atoms with E-state index in [1.807, 2.05) is 87.5 Å². The first-order valence-corrected chi connectivity index (χ1v) is 18.6. The van der Waals surface area contributed by atoms with E-state index in [2.05, 4.69) is 84.9 Å². The number of aryl methyl sites for hydroxylation is 3. The van der Waals surface area contributed by atoms with Gasteiger partial charge in [0.2, 0.25) is 0 Å². The van der Waals surface area contributed by atoms with Gasteiger partial charge in [0.05, 0.1) is 6.33 Å². The molecule has 0 radical (unpaired) electrons. The molecule has 298 valence electrons. The molecule has 4 rings (SSSR count). The van der Waals surface area contributed by atoms with Crippen LogP contribution in [0.4, 0.5) is 0 Å². The number of nitrogens with two attached hydrogens (primary N) is 3. The largest absolute Gasteiger partial charge is 0.341 e. The van der Waals surface area contributed by atoms with Gasteiger partial charge in [0.25, 0.3) is 0 Å². The number of hydrogen-bond donors (Lipinski definition) is 3. The van der Waals surface area contributed by atoms with E-state index in [4.69, 9.17) is 17.2 Å². The second kappa shape index (κ2) is 46.9. The highest BCUT2D eigenvalue weighted by Crippen LogP contribution is 2.03. The quantitative estimate of drug-likeness (QED) is 0.140. The average Bonchev–Trinajstić information content (AvgIpc) is 3.77. The Balaban J connectivity index is -0.000000162. The van der Waals surface area contributed by atoms with Crippen LogP contribution in [-0.2, 0) is 7.05 Å². The highest BCUT2D eigenvalue weighted by Gasteiger charge is 1.93. The van der Waals surface area contributed by atoms with Crippen molar-refractivity contribution in [3.63, 3.8) is 0 Å². The van der Waals surface area contributed by atoms with Gasteiger partial charge in [0.15, 0.2) is 0 Å². The number of hydrogen-bond acceptors (Lipinski definition) is 8. The topological polar surface area (TPSA) is 133 Å². The maximum atomic E-state index is 5.21. The van der Waals surface area contributed by atoms with Crippen LogP contribution in [0.2, 0.25) is 0 Å². The average molecular weight is 717 g/mol. The summed E-state index contributed by atoms with van der Waals surface area (Å²) in [7, 11) is 8.22. The summed E-state index contributed by atoms with van der Waals surface area (Å²) >= 11 is 0. The van der Waals surface area contributed by atoms with Crippen LogP contribution in [0.25, 0.3) is 5.65 Å². The summed E-state index contributed by atoms with van der Waals surface area (Å²) in [6.07, 6.45) is 21.8. The molecule has 0 fully saturated rings.